The van der Waals surface area contributed by atoms with E-state index in [-0.39, 0.29) is 6.10 Å². The van der Waals surface area contributed by atoms with E-state index in [4.69, 9.17) is 0 Å². The normalized spacial score (nSPS) is 17.6. The summed E-state index contributed by atoms with van der Waals surface area (Å²) in [6.07, 6.45) is 19.5. The number of fused-ring (bicyclic) bond motifs is 2. The topological polar surface area (TPSA) is 26.7 Å². The summed E-state index contributed by atoms with van der Waals surface area (Å²) in [5.74, 6) is 0. The van der Waals surface area contributed by atoms with Gasteiger partial charge in [0.15, 0.2) is 0 Å². The summed E-state index contributed by atoms with van der Waals surface area (Å²) in [6.45, 7) is 7.37. The van der Waals surface area contributed by atoms with E-state index < -0.39 is 0 Å². The molecular weight excluding hydrogens is 464 g/mol. The van der Waals surface area contributed by atoms with Crippen LogP contribution in [0.1, 0.15) is 119 Å². The van der Waals surface area contributed by atoms with Crippen molar-refractivity contribution in [3.8, 4) is 0 Å². The van der Waals surface area contributed by atoms with Gasteiger partial charge in [0.05, 0.1) is 12.1 Å². The molecule has 4 rings (SSSR count). The van der Waals surface area contributed by atoms with E-state index in [1.807, 2.05) is 0 Å². The number of hydrogen-bond acceptors (Lipinski definition) is 3. The molecule has 1 atom stereocenters. The van der Waals surface area contributed by atoms with E-state index >= 15 is 0 Å². The highest BCUT2D eigenvalue weighted by molar-refractivity contribution is 5.44. The summed E-state index contributed by atoms with van der Waals surface area (Å²) in [7, 11) is 0. The first-order valence-corrected chi connectivity index (χ1v) is 16.1. The Labute approximate surface area is 233 Å². The van der Waals surface area contributed by atoms with Crippen molar-refractivity contribution in [2.75, 3.05) is 32.7 Å². The second-order valence-electron chi connectivity index (χ2n) is 12.0. The summed E-state index contributed by atoms with van der Waals surface area (Å²) >= 11 is 0. The van der Waals surface area contributed by atoms with E-state index in [1.165, 1.54) is 99.3 Å². The molecule has 210 valence electrons. The summed E-state index contributed by atoms with van der Waals surface area (Å²) in [5.41, 5.74) is 6.01. The third-order valence-electron chi connectivity index (χ3n) is 8.99. The van der Waals surface area contributed by atoms with E-state index in [9.17, 15) is 5.11 Å². The minimum atomic E-state index is -0.177. The van der Waals surface area contributed by atoms with Crippen LogP contribution in [0.4, 0.5) is 0 Å². The first kappa shape index (κ1) is 29.3. The van der Waals surface area contributed by atoms with Gasteiger partial charge >= 0.3 is 0 Å². The highest BCUT2D eigenvalue weighted by Crippen LogP contribution is 2.37. The van der Waals surface area contributed by atoms with Crippen molar-refractivity contribution in [1.29, 1.82) is 0 Å². The maximum Gasteiger partial charge on any atom is 0.0667 e. The third kappa shape index (κ3) is 8.93. The molecule has 38 heavy (non-hydrogen) atoms. The highest BCUT2D eigenvalue weighted by Gasteiger charge is 2.31. The highest BCUT2D eigenvalue weighted by atomic mass is 16.3. The van der Waals surface area contributed by atoms with Crippen LogP contribution in [-0.4, -0.2) is 53.7 Å². The van der Waals surface area contributed by atoms with Crippen molar-refractivity contribution in [3.05, 3.63) is 70.8 Å². The second kappa shape index (κ2) is 16.4. The van der Waals surface area contributed by atoms with Crippen LogP contribution in [0.5, 0.6) is 0 Å². The Balaban J connectivity index is 1.13. The molecule has 0 amide bonds. The Morgan fingerprint density at radius 2 is 1.13 bits per heavy atom. The largest absolute Gasteiger partial charge is 0.392 e. The van der Waals surface area contributed by atoms with Crippen molar-refractivity contribution >= 4 is 0 Å². The molecule has 1 saturated heterocycles. The molecule has 1 aliphatic heterocycles. The molecule has 2 aliphatic rings. The van der Waals surface area contributed by atoms with E-state index in [0.717, 1.165) is 52.0 Å². The fraction of sp³-hybridized carbons (Fsp3) is 0.657. The average Bonchev–Trinajstić information content (AvgIpc) is 3.11. The SMILES string of the molecule is CCCCCCCCCCCCCCC(O)CN1CCN(C2c3ccccc3CCc3ccccc32)CC1. The Morgan fingerprint density at radius 1 is 0.658 bits per heavy atom. The van der Waals surface area contributed by atoms with Crippen molar-refractivity contribution in [1.82, 2.24) is 9.80 Å². The van der Waals surface area contributed by atoms with E-state index in [2.05, 4.69) is 65.3 Å². The molecule has 1 heterocycles. The number of unbranched alkanes of at least 4 members (excludes halogenated alkanes) is 11. The molecular formula is C35H54N2O. The quantitative estimate of drug-likeness (QED) is 0.228. The van der Waals surface area contributed by atoms with Gasteiger partial charge in [0.1, 0.15) is 0 Å². The standard InChI is InChI=1S/C35H54N2O/c1-2-3-4-5-6-7-8-9-10-11-12-13-20-32(38)29-36-25-27-37(28-26-36)35-33-21-16-14-18-30(33)23-24-31-19-15-17-22-34(31)35/h14-19,21-22,32,35,38H,2-13,20,23-29H2,1H3. The van der Waals surface area contributed by atoms with Gasteiger partial charge in [-0.05, 0) is 41.5 Å². The zero-order valence-electron chi connectivity index (χ0n) is 24.3. The molecule has 1 unspecified atom stereocenters. The molecule has 1 N–H and O–H groups in total. The number of aliphatic hydroxyl groups excluding tert-OH is 1. The van der Waals surface area contributed by atoms with Crippen LogP contribution in [0.15, 0.2) is 48.5 Å². The number of aliphatic hydroxyl groups is 1. The van der Waals surface area contributed by atoms with Crippen molar-refractivity contribution in [3.63, 3.8) is 0 Å². The fourth-order valence-electron chi connectivity index (χ4n) is 6.70. The zero-order chi connectivity index (χ0) is 26.4. The number of rotatable bonds is 16. The average molecular weight is 519 g/mol. The van der Waals surface area contributed by atoms with E-state index in [1.54, 1.807) is 0 Å². The van der Waals surface area contributed by atoms with Crippen LogP contribution in [0.25, 0.3) is 0 Å². The summed E-state index contributed by atoms with van der Waals surface area (Å²) < 4.78 is 0. The molecule has 0 spiro atoms. The Hall–Kier alpha value is -1.68. The molecule has 0 radical (unpaired) electrons. The van der Waals surface area contributed by atoms with Gasteiger partial charge in [-0.15, -0.1) is 0 Å². The molecule has 2 aromatic carbocycles. The predicted octanol–water partition coefficient (Wildman–Crippen LogP) is 7.94. The number of benzene rings is 2. The number of β-amino-alcohol motifs (C(OH)–C–C–N with tert-alkyl or cyclic N) is 1. The smallest absolute Gasteiger partial charge is 0.0667 e. The van der Waals surface area contributed by atoms with Crippen LogP contribution in [-0.2, 0) is 12.8 Å². The van der Waals surface area contributed by atoms with Crippen LogP contribution in [0.3, 0.4) is 0 Å². The predicted molar refractivity (Wildman–Crippen MR) is 162 cm³/mol. The third-order valence-corrected chi connectivity index (χ3v) is 8.99. The van der Waals surface area contributed by atoms with Crippen LogP contribution >= 0.6 is 0 Å². The Bertz CT molecular complexity index is 872. The summed E-state index contributed by atoms with van der Waals surface area (Å²) in [6, 6.07) is 18.5. The number of piperazine rings is 1. The number of aryl methyl sites for hydroxylation is 2. The molecule has 1 fully saturated rings. The molecule has 3 heteroatoms. The van der Waals surface area contributed by atoms with Gasteiger partial charge in [-0.1, -0.05) is 133 Å². The van der Waals surface area contributed by atoms with Crippen LogP contribution in [0, 0.1) is 0 Å². The summed E-state index contributed by atoms with van der Waals surface area (Å²) in [5, 5.41) is 10.7. The van der Waals surface area contributed by atoms with Crippen LogP contribution in [0.2, 0.25) is 0 Å². The van der Waals surface area contributed by atoms with Gasteiger partial charge in [0.2, 0.25) is 0 Å². The zero-order valence-corrected chi connectivity index (χ0v) is 24.3. The van der Waals surface area contributed by atoms with Crippen LogP contribution < -0.4 is 0 Å². The lowest BCUT2D eigenvalue weighted by atomic mass is 9.92. The van der Waals surface area contributed by atoms with Crippen molar-refractivity contribution in [2.24, 2.45) is 0 Å². The molecule has 3 nitrogen and oxygen atoms in total. The molecule has 0 saturated carbocycles. The monoisotopic (exact) mass is 518 g/mol. The van der Waals surface area contributed by atoms with Crippen molar-refractivity contribution in [2.45, 2.75) is 115 Å². The second-order valence-corrected chi connectivity index (χ2v) is 12.0. The Morgan fingerprint density at radius 3 is 1.66 bits per heavy atom. The molecule has 1 aliphatic carbocycles. The first-order chi connectivity index (χ1) is 18.8. The lowest BCUT2D eigenvalue weighted by molar-refractivity contribution is 0.0580. The van der Waals surface area contributed by atoms with Gasteiger partial charge in [-0.3, -0.25) is 9.80 Å². The van der Waals surface area contributed by atoms with Crippen molar-refractivity contribution < 1.29 is 5.11 Å². The molecule has 0 aromatic heterocycles. The lowest BCUT2D eigenvalue weighted by Gasteiger charge is -2.40. The van der Waals surface area contributed by atoms with Gasteiger partial charge in [0.25, 0.3) is 0 Å². The first-order valence-electron chi connectivity index (χ1n) is 16.1. The minimum absolute atomic E-state index is 0.177. The Kier molecular flexibility index (Phi) is 12.7. The minimum Gasteiger partial charge on any atom is -0.392 e. The van der Waals surface area contributed by atoms with Gasteiger partial charge in [-0.25, -0.2) is 0 Å². The van der Waals surface area contributed by atoms with Gasteiger partial charge in [-0.2, -0.15) is 0 Å². The van der Waals surface area contributed by atoms with E-state index in [0.29, 0.717) is 6.04 Å². The van der Waals surface area contributed by atoms with Gasteiger partial charge in [0, 0.05) is 32.7 Å². The lowest BCUT2D eigenvalue weighted by Crippen LogP contribution is -2.49. The fourth-order valence-corrected chi connectivity index (χ4v) is 6.70. The maximum atomic E-state index is 10.7. The van der Waals surface area contributed by atoms with Gasteiger partial charge < -0.3 is 5.11 Å². The maximum absolute atomic E-state index is 10.7. The summed E-state index contributed by atoms with van der Waals surface area (Å²) in [4.78, 5) is 5.19. The number of nitrogens with zero attached hydrogens (tertiary/aromatic N) is 2. The number of hydrogen-bond donors (Lipinski definition) is 1. The molecule has 0 bridgehead atoms. The molecule has 2 aromatic rings.